The van der Waals surface area contributed by atoms with Gasteiger partial charge >= 0.3 is 0 Å². The van der Waals surface area contributed by atoms with Crippen molar-refractivity contribution in [2.45, 2.75) is 26.6 Å². The van der Waals surface area contributed by atoms with E-state index < -0.39 is 6.10 Å². The third-order valence-corrected chi connectivity index (χ3v) is 2.96. The van der Waals surface area contributed by atoms with Crippen molar-refractivity contribution in [1.29, 1.82) is 0 Å². The van der Waals surface area contributed by atoms with Crippen LogP contribution in [0.2, 0.25) is 0 Å². The minimum Gasteiger partial charge on any atom is -0.485 e. The van der Waals surface area contributed by atoms with Gasteiger partial charge in [0, 0.05) is 19.4 Å². The molecule has 18 heavy (non-hydrogen) atoms. The molecular weight excluding hydrogens is 228 g/mol. The van der Waals surface area contributed by atoms with Crippen molar-refractivity contribution in [3.05, 3.63) is 47.5 Å². The molecule has 0 spiro atoms. The Labute approximate surface area is 107 Å². The molecule has 0 aliphatic rings. The van der Waals surface area contributed by atoms with Crippen molar-refractivity contribution in [2.75, 3.05) is 0 Å². The Bertz CT molecular complexity index is 532. The van der Waals surface area contributed by atoms with Crippen LogP contribution < -0.4 is 4.74 Å². The number of ether oxygens (including phenoxy) is 1. The highest BCUT2D eigenvalue weighted by Gasteiger charge is 2.06. The minimum absolute atomic E-state index is 0.443. The van der Waals surface area contributed by atoms with E-state index >= 15 is 0 Å². The summed E-state index contributed by atoms with van der Waals surface area (Å²) in [5, 5.41) is 9.50. The average molecular weight is 246 g/mol. The fourth-order valence-corrected chi connectivity index (χ4v) is 1.77. The number of aliphatic hydroxyl groups is 1. The van der Waals surface area contributed by atoms with E-state index in [1.165, 1.54) is 0 Å². The smallest absolute Gasteiger partial charge is 0.146 e. The van der Waals surface area contributed by atoms with Crippen LogP contribution in [0, 0.1) is 6.92 Å². The lowest BCUT2D eigenvalue weighted by Gasteiger charge is -2.11. The number of hydrogen-bond donors (Lipinski definition) is 1. The third-order valence-electron chi connectivity index (χ3n) is 2.96. The van der Waals surface area contributed by atoms with Gasteiger partial charge in [-0.15, -0.1) is 0 Å². The van der Waals surface area contributed by atoms with Crippen molar-refractivity contribution >= 4 is 0 Å². The Balaban J connectivity index is 2.08. The Morgan fingerprint density at radius 2 is 2.22 bits per heavy atom. The summed E-state index contributed by atoms with van der Waals surface area (Å²) >= 11 is 0. The van der Waals surface area contributed by atoms with Crippen LogP contribution in [0.4, 0.5) is 0 Å². The molecule has 0 unspecified atom stereocenters. The summed E-state index contributed by atoms with van der Waals surface area (Å²) in [6.07, 6.45) is 3.19. The van der Waals surface area contributed by atoms with Gasteiger partial charge in [-0.3, -0.25) is 0 Å². The first-order valence-corrected chi connectivity index (χ1v) is 5.95. The van der Waals surface area contributed by atoms with Gasteiger partial charge in [0.15, 0.2) is 0 Å². The molecule has 0 aliphatic heterocycles. The molecule has 0 radical (unpaired) electrons. The van der Waals surface area contributed by atoms with Gasteiger partial charge in [0.25, 0.3) is 0 Å². The van der Waals surface area contributed by atoms with Crippen molar-refractivity contribution in [3.8, 4) is 5.75 Å². The maximum atomic E-state index is 9.50. The molecule has 4 nitrogen and oxygen atoms in total. The highest BCUT2D eigenvalue weighted by Crippen LogP contribution is 2.23. The molecule has 0 amide bonds. The molecule has 96 valence electrons. The third kappa shape index (κ3) is 2.71. The summed E-state index contributed by atoms with van der Waals surface area (Å²) in [5.41, 5.74) is 1.92. The van der Waals surface area contributed by atoms with Crippen LogP contribution >= 0.6 is 0 Å². The van der Waals surface area contributed by atoms with Crippen molar-refractivity contribution < 1.29 is 9.84 Å². The summed E-state index contributed by atoms with van der Waals surface area (Å²) in [5.74, 6) is 1.71. The Morgan fingerprint density at radius 1 is 1.44 bits per heavy atom. The zero-order valence-electron chi connectivity index (χ0n) is 10.9. The van der Waals surface area contributed by atoms with E-state index in [-0.39, 0.29) is 0 Å². The van der Waals surface area contributed by atoms with Crippen LogP contribution in [-0.2, 0) is 13.7 Å². The van der Waals surface area contributed by atoms with Gasteiger partial charge in [0.1, 0.15) is 18.2 Å². The molecule has 1 N–H and O–H groups in total. The Kier molecular flexibility index (Phi) is 3.67. The van der Waals surface area contributed by atoms with E-state index in [1.54, 1.807) is 13.1 Å². The number of aromatic nitrogens is 2. The molecule has 4 heteroatoms. The van der Waals surface area contributed by atoms with Gasteiger partial charge < -0.3 is 14.4 Å². The fraction of sp³-hybridized carbons (Fsp3) is 0.357. The first-order chi connectivity index (χ1) is 8.58. The Hall–Kier alpha value is -1.81. The second-order valence-corrected chi connectivity index (χ2v) is 4.44. The number of aryl methyl sites for hydroxylation is 2. The van der Waals surface area contributed by atoms with Gasteiger partial charge in [-0.05, 0) is 37.1 Å². The van der Waals surface area contributed by atoms with Crippen LogP contribution in [0.1, 0.15) is 30.0 Å². The molecule has 0 fully saturated rings. The number of hydrogen-bond acceptors (Lipinski definition) is 3. The maximum Gasteiger partial charge on any atom is 0.146 e. The van der Waals surface area contributed by atoms with Gasteiger partial charge in [-0.25, -0.2) is 4.98 Å². The first kappa shape index (κ1) is 12.6. The van der Waals surface area contributed by atoms with E-state index in [9.17, 15) is 5.11 Å². The van der Waals surface area contributed by atoms with Gasteiger partial charge in [-0.2, -0.15) is 0 Å². The molecule has 0 saturated carbocycles. The van der Waals surface area contributed by atoms with Crippen molar-refractivity contribution in [2.24, 2.45) is 7.05 Å². The molecule has 2 aromatic rings. The summed E-state index contributed by atoms with van der Waals surface area (Å²) in [4.78, 5) is 4.20. The second-order valence-electron chi connectivity index (χ2n) is 4.44. The minimum atomic E-state index is -0.452. The lowest BCUT2D eigenvalue weighted by atomic mass is 10.1. The molecule has 0 aliphatic carbocycles. The number of benzene rings is 1. The molecule has 0 saturated heterocycles. The molecule has 0 bridgehead atoms. The van der Waals surface area contributed by atoms with Crippen LogP contribution in [0.5, 0.6) is 5.75 Å². The number of imidazole rings is 1. The summed E-state index contributed by atoms with van der Waals surface area (Å²) in [7, 11) is 1.94. The van der Waals surface area contributed by atoms with Crippen LogP contribution in [0.25, 0.3) is 0 Å². The number of nitrogens with zero attached hydrogens (tertiary/aromatic N) is 2. The zero-order valence-corrected chi connectivity index (χ0v) is 10.9. The van der Waals surface area contributed by atoms with Gasteiger partial charge in [0.05, 0.1) is 6.10 Å². The van der Waals surface area contributed by atoms with Crippen LogP contribution in [0.15, 0.2) is 30.6 Å². The molecule has 1 aromatic carbocycles. The van der Waals surface area contributed by atoms with E-state index in [4.69, 9.17) is 4.74 Å². The largest absolute Gasteiger partial charge is 0.485 e. The predicted octanol–water partition coefficient (Wildman–Crippen LogP) is 2.36. The summed E-state index contributed by atoms with van der Waals surface area (Å²) < 4.78 is 7.66. The zero-order chi connectivity index (χ0) is 13.1. The van der Waals surface area contributed by atoms with Gasteiger partial charge in [0.2, 0.25) is 0 Å². The molecule has 1 aromatic heterocycles. The normalized spacial score (nSPS) is 12.4. The molecule has 1 heterocycles. The average Bonchev–Trinajstić information content (AvgIpc) is 2.73. The summed E-state index contributed by atoms with van der Waals surface area (Å²) in [6, 6.07) is 5.71. The van der Waals surface area contributed by atoms with E-state index in [1.807, 2.05) is 42.9 Å². The van der Waals surface area contributed by atoms with Crippen LogP contribution in [-0.4, -0.2) is 14.7 Å². The molecule has 1 atom stereocenters. The number of rotatable bonds is 4. The highest BCUT2D eigenvalue weighted by molar-refractivity contribution is 5.36. The predicted molar refractivity (Wildman–Crippen MR) is 69.4 cm³/mol. The molecule has 2 rings (SSSR count). The molecular formula is C14H18N2O2. The standard InChI is InChI=1S/C14H18N2O2/c1-10-8-12(11(2)17)4-5-13(10)18-9-14-15-6-7-16(14)3/h4-8,11,17H,9H2,1-3H3/t11-/m0/s1. The van der Waals surface area contributed by atoms with Crippen molar-refractivity contribution in [1.82, 2.24) is 9.55 Å². The van der Waals surface area contributed by atoms with Crippen LogP contribution in [0.3, 0.4) is 0 Å². The Morgan fingerprint density at radius 3 is 2.78 bits per heavy atom. The topological polar surface area (TPSA) is 47.3 Å². The van der Waals surface area contributed by atoms with E-state index in [0.29, 0.717) is 6.61 Å². The first-order valence-electron chi connectivity index (χ1n) is 5.95. The van der Waals surface area contributed by atoms with Crippen molar-refractivity contribution in [3.63, 3.8) is 0 Å². The van der Waals surface area contributed by atoms with E-state index in [2.05, 4.69) is 4.98 Å². The fourth-order valence-electron chi connectivity index (χ4n) is 1.77. The van der Waals surface area contributed by atoms with Gasteiger partial charge in [-0.1, -0.05) is 6.07 Å². The second kappa shape index (κ2) is 5.23. The maximum absolute atomic E-state index is 9.50. The monoisotopic (exact) mass is 246 g/mol. The SMILES string of the molecule is Cc1cc([C@H](C)O)ccc1OCc1nccn1C. The summed E-state index contributed by atoms with van der Waals surface area (Å²) in [6.45, 7) is 4.17. The van der Waals surface area contributed by atoms with E-state index in [0.717, 1.165) is 22.7 Å². The lowest BCUT2D eigenvalue weighted by Crippen LogP contribution is -2.04. The lowest BCUT2D eigenvalue weighted by molar-refractivity contribution is 0.199. The highest BCUT2D eigenvalue weighted by atomic mass is 16.5. The number of aliphatic hydroxyl groups excluding tert-OH is 1. The quantitative estimate of drug-likeness (QED) is 0.900.